The van der Waals surface area contributed by atoms with Crippen molar-refractivity contribution in [3.05, 3.63) is 35.4 Å². The number of rotatable bonds is 7. The number of likely N-dealkylation sites (tertiary alicyclic amines) is 1. The number of piperazine rings is 1. The minimum atomic E-state index is -0.648. The molecule has 0 N–H and O–H groups in total. The van der Waals surface area contributed by atoms with E-state index in [0.717, 1.165) is 38.6 Å². The second-order valence-electron chi connectivity index (χ2n) is 13.8. The number of hydrogen-bond acceptors (Lipinski definition) is 11. The Labute approximate surface area is 289 Å². The summed E-state index contributed by atoms with van der Waals surface area (Å²) in [6.07, 6.45) is 7.41. The monoisotopic (exact) mass is 696 g/mol. The zero-order valence-electron chi connectivity index (χ0n) is 28.3. The fraction of sp³-hybridized carbons (Fsp3) is 0.559. The van der Waals surface area contributed by atoms with Crippen molar-refractivity contribution < 1.29 is 28.1 Å². The molecule has 0 saturated carbocycles. The Morgan fingerprint density at radius 3 is 2.61 bits per heavy atom. The molecule has 2 atom stereocenters. The van der Waals surface area contributed by atoms with Crippen LogP contribution in [0.15, 0.2) is 24.5 Å². The first-order chi connectivity index (χ1) is 23.6. The van der Waals surface area contributed by atoms with Crippen LogP contribution in [-0.2, 0) is 9.47 Å². The van der Waals surface area contributed by atoms with Gasteiger partial charge in [-0.2, -0.15) is 15.1 Å². The summed E-state index contributed by atoms with van der Waals surface area (Å²) in [7, 11) is 2.08. The molecular formula is C34H42ClFN8O5. The highest BCUT2D eigenvalue weighted by Crippen LogP contribution is 2.42. The Morgan fingerprint density at radius 2 is 1.90 bits per heavy atom. The van der Waals surface area contributed by atoms with Crippen LogP contribution in [0.3, 0.4) is 0 Å². The summed E-state index contributed by atoms with van der Waals surface area (Å²) in [6.45, 7) is 9.51. The Hall–Kier alpha value is -4.01. The maximum absolute atomic E-state index is 15.4. The number of hydrogen-bond donors (Lipinski definition) is 0. The Kier molecular flexibility index (Phi) is 9.37. The molecule has 3 saturated heterocycles. The van der Waals surface area contributed by atoms with Gasteiger partial charge >= 0.3 is 12.1 Å². The summed E-state index contributed by atoms with van der Waals surface area (Å²) >= 11 is 6.56. The Bertz CT molecular complexity index is 1840. The van der Waals surface area contributed by atoms with Gasteiger partial charge in [0.05, 0.1) is 22.5 Å². The second kappa shape index (κ2) is 13.7. The van der Waals surface area contributed by atoms with Crippen molar-refractivity contribution in [3.63, 3.8) is 0 Å². The number of pyridine rings is 1. The maximum Gasteiger partial charge on any atom is 0.410 e. The molecular weight excluding hydrogens is 655 g/mol. The van der Waals surface area contributed by atoms with Crippen LogP contribution in [0, 0.1) is 5.82 Å². The average Bonchev–Trinajstić information content (AvgIpc) is 3.70. The van der Waals surface area contributed by atoms with E-state index in [-0.39, 0.29) is 41.0 Å². The predicted octanol–water partition coefficient (Wildman–Crippen LogP) is 6.19. The molecule has 15 heteroatoms. The summed E-state index contributed by atoms with van der Waals surface area (Å²) in [5, 5.41) is 5.53. The molecule has 13 nitrogen and oxygen atoms in total. The van der Waals surface area contributed by atoms with Crippen LogP contribution in [0.2, 0.25) is 5.02 Å². The Balaban J connectivity index is 1.24. The van der Waals surface area contributed by atoms with E-state index in [0.29, 0.717) is 67.0 Å². The Morgan fingerprint density at radius 1 is 1.08 bits per heavy atom. The number of benzene rings is 1. The smallest absolute Gasteiger partial charge is 0.410 e. The number of amides is 1. The number of anilines is 1. The SMILES string of the molecule is CN1CCC[C@H]1COc1nc(N2CCN(C(=O)OC(C)(C)C)CC2)c2ccnc(Oc3c(Cl)c(F)cc4c3cnn4C3CCCCO3)c2n1. The number of fused-ring (bicyclic) bond motifs is 2. The quantitative estimate of drug-likeness (QED) is 0.220. The fourth-order valence-corrected chi connectivity index (χ4v) is 6.80. The van der Waals surface area contributed by atoms with Crippen molar-refractivity contribution >= 4 is 45.3 Å². The molecule has 4 aromatic rings. The first-order valence-electron chi connectivity index (χ1n) is 16.9. The summed E-state index contributed by atoms with van der Waals surface area (Å²) in [4.78, 5) is 33.0. The van der Waals surface area contributed by atoms with Crippen LogP contribution in [0.25, 0.3) is 21.8 Å². The molecule has 1 aromatic carbocycles. The number of aromatic nitrogens is 5. The lowest BCUT2D eigenvalue weighted by Crippen LogP contribution is -2.50. The van der Waals surface area contributed by atoms with Gasteiger partial charge in [0.2, 0.25) is 5.88 Å². The summed E-state index contributed by atoms with van der Waals surface area (Å²) in [5.41, 5.74) is 0.304. The van der Waals surface area contributed by atoms with E-state index in [2.05, 4.69) is 26.9 Å². The van der Waals surface area contributed by atoms with Gasteiger partial charge < -0.3 is 33.6 Å². The fourth-order valence-electron chi connectivity index (χ4n) is 6.61. The van der Waals surface area contributed by atoms with Crippen LogP contribution in [-0.4, -0.2) is 105 Å². The molecule has 0 aliphatic carbocycles. The molecule has 0 bridgehead atoms. The van der Waals surface area contributed by atoms with E-state index < -0.39 is 11.4 Å². The zero-order valence-corrected chi connectivity index (χ0v) is 29.1. The second-order valence-corrected chi connectivity index (χ2v) is 14.2. The van der Waals surface area contributed by atoms with Crippen LogP contribution >= 0.6 is 11.6 Å². The summed E-state index contributed by atoms with van der Waals surface area (Å²) in [6, 6.07) is 3.59. The molecule has 0 radical (unpaired) electrons. The van der Waals surface area contributed by atoms with Crippen LogP contribution in [0.1, 0.15) is 59.1 Å². The van der Waals surface area contributed by atoms with Crippen LogP contribution in [0.5, 0.6) is 17.6 Å². The van der Waals surface area contributed by atoms with Gasteiger partial charge in [-0.3, -0.25) is 0 Å². The minimum absolute atomic E-state index is 0.0833. The number of halogens is 2. The molecule has 0 spiro atoms. The third kappa shape index (κ3) is 7.04. The van der Waals surface area contributed by atoms with Gasteiger partial charge in [-0.25, -0.2) is 18.9 Å². The zero-order chi connectivity index (χ0) is 34.3. The first kappa shape index (κ1) is 33.5. The molecule has 49 heavy (non-hydrogen) atoms. The van der Waals surface area contributed by atoms with Crippen LogP contribution < -0.4 is 14.4 Å². The van der Waals surface area contributed by atoms with Gasteiger partial charge in [0.15, 0.2) is 12.0 Å². The average molecular weight is 697 g/mol. The van der Waals surface area contributed by atoms with Crippen molar-refractivity contribution in [2.24, 2.45) is 0 Å². The van der Waals surface area contributed by atoms with Crippen molar-refractivity contribution in [1.82, 2.24) is 34.5 Å². The van der Waals surface area contributed by atoms with Gasteiger partial charge in [0.25, 0.3) is 0 Å². The number of carbonyl (C=O) groups is 1. The number of carbonyl (C=O) groups excluding carboxylic acids is 1. The molecule has 1 unspecified atom stereocenters. The van der Waals surface area contributed by atoms with E-state index in [4.69, 9.17) is 40.5 Å². The van der Waals surface area contributed by atoms with Crippen molar-refractivity contribution in [1.29, 1.82) is 0 Å². The lowest BCUT2D eigenvalue weighted by atomic mass is 10.2. The third-order valence-electron chi connectivity index (χ3n) is 9.23. The highest BCUT2D eigenvalue weighted by molar-refractivity contribution is 6.33. The van der Waals surface area contributed by atoms with Crippen molar-refractivity contribution in [3.8, 4) is 17.6 Å². The molecule has 1 amide bonds. The van der Waals surface area contributed by atoms with Crippen molar-refractivity contribution in [2.45, 2.75) is 70.7 Å². The van der Waals surface area contributed by atoms with E-state index in [1.807, 2.05) is 26.8 Å². The molecule has 3 fully saturated rings. The standard InChI is InChI=1S/C34H42ClFN8O5/c1-34(2,3)49-33(45)43-15-13-42(14-16-43)30-22-10-11-37-31(28(22)39-32(40-30)47-20-21-8-7-12-41(21)4)48-29-23-19-38-44(26-9-5-6-17-46-26)25(23)18-24(36)27(29)35/h10-11,18-19,21,26H,5-9,12-17,20H2,1-4H3/t21-,26?/m0/s1. The van der Waals surface area contributed by atoms with Gasteiger partial charge in [-0.15, -0.1) is 0 Å². The lowest BCUT2D eigenvalue weighted by Gasteiger charge is -2.36. The van der Waals surface area contributed by atoms with E-state index in [1.54, 1.807) is 22.0 Å². The molecule has 3 aliphatic heterocycles. The first-order valence-corrected chi connectivity index (χ1v) is 17.3. The highest BCUT2D eigenvalue weighted by atomic mass is 35.5. The third-order valence-corrected chi connectivity index (χ3v) is 9.58. The molecule has 262 valence electrons. The molecule has 7 rings (SSSR count). The summed E-state index contributed by atoms with van der Waals surface area (Å²) in [5.74, 6) is 0.171. The predicted molar refractivity (Wildman–Crippen MR) is 182 cm³/mol. The van der Waals surface area contributed by atoms with Gasteiger partial charge in [-0.1, -0.05) is 11.6 Å². The van der Waals surface area contributed by atoms with Gasteiger partial charge in [-0.05, 0) is 72.5 Å². The molecule has 3 aromatic heterocycles. The molecule has 6 heterocycles. The topological polar surface area (TPSA) is 120 Å². The number of ether oxygens (including phenoxy) is 4. The van der Waals surface area contributed by atoms with E-state index >= 15 is 4.39 Å². The van der Waals surface area contributed by atoms with Crippen LogP contribution in [0.4, 0.5) is 15.0 Å². The van der Waals surface area contributed by atoms with E-state index in [1.165, 1.54) is 6.07 Å². The molecule has 3 aliphatic rings. The lowest BCUT2D eigenvalue weighted by molar-refractivity contribution is -0.0367. The largest absolute Gasteiger partial charge is 0.462 e. The highest BCUT2D eigenvalue weighted by Gasteiger charge is 2.30. The summed E-state index contributed by atoms with van der Waals surface area (Å²) < 4.78 is 41.2. The number of likely N-dealkylation sites (N-methyl/N-ethyl adjacent to an activating group) is 1. The van der Waals surface area contributed by atoms with Gasteiger partial charge in [0.1, 0.15) is 34.4 Å². The van der Waals surface area contributed by atoms with E-state index in [9.17, 15) is 4.79 Å². The minimum Gasteiger partial charge on any atom is -0.462 e. The maximum atomic E-state index is 15.4. The van der Waals surface area contributed by atoms with Crippen molar-refractivity contribution in [2.75, 3.05) is 57.9 Å². The normalized spacial score (nSPS) is 20.7. The van der Waals surface area contributed by atoms with Gasteiger partial charge in [0, 0.05) is 51.1 Å². The number of nitrogens with zero attached hydrogens (tertiary/aromatic N) is 8.